The molecule has 1 aromatic heterocycles. The standard InChI is InChI=1S/C21H30N4O3/c1-2-3-11-25(21(27)28)16-7-6-10-24(14-16)20(26)18(22)12-15-13-23-19-9-5-4-8-17(15)19/h4-5,8-9,13,16,18,23H,2-3,6-7,10-12,14,22H2,1H3,(H,27,28). The summed E-state index contributed by atoms with van der Waals surface area (Å²) in [7, 11) is 0. The maximum absolute atomic E-state index is 12.9. The first-order chi connectivity index (χ1) is 13.5. The molecule has 152 valence electrons. The molecule has 1 aromatic carbocycles. The number of likely N-dealkylation sites (tertiary alicyclic amines) is 1. The molecule has 2 unspecified atom stereocenters. The fraction of sp³-hybridized carbons (Fsp3) is 0.524. The quantitative estimate of drug-likeness (QED) is 0.681. The van der Waals surface area contributed by atoms with Gasteiger partial charge in [-0.3, -0.25) is 4.79 Å². The monoisotopic (exact) mass is 386 g/mol. The fourth-order valence-corrected chi connectivity index (χ4v) is 4.03. The normalized spacial score (nSPS) is 18.2. The van der Waals surface area contributed by atoms with Crippen LogP contribution in [-0.2, 0) is 11.2 Å². The van der Waals surface area contributed by atoms with Gasteiger partial charge in [0.25, 0.3) is 0 Å². The molecule has 0 saturated carbocycles. The van der Waals surface area contributed by atoms with E-state index in [4.69, 9.17) is 5.73 Å². The molecule has 28 heavy (non-hydrogen) atoms. The SMILES string of the molecule is CCCCN(C(=O)O)C1CCCN(C(=O)C(N)Cc2c[nH]c3ccccc23)C1. The summed E-state index contributed by atoms with van der Waals surface area (Å²) in [4.78, 5) is 31.0. The number of fused-ring (bicyclic) bond motifs is 1. The van der Waals surface area contributed by atoms with Gasteiger partial charge in [-0.15, -0.1) is 0 Å². The van der Waals surface area contributed by atoms with Crippen LogP contribution in [0, 0.1) is 0 Å². The summed E-state index contributed by atoms with van der Waals surface area (Å²) in [6.07, 6.45) is 4.82. The summed E-state index contributed by atoms with van der Waals surface area (Å²) in [5.74, 6) is -0.101. The number of nitrogens with two attached hydrogens (primary N) is 1. The van der Waals surface area contributed by atoms with E-state index in [1.54, 1.807) is 4.90 Å². The van der Waals surface area contributed by atoms with E-state index in [1.807, 2.05) is 37.4 Å². The predicted molar refractivity (Wildman–Crippen MR) is 109 cm³/mol. The number of benzene rings is 1. The van der Waals surface area contributed by atoms with E-state index in [0.29, 0.717) is 26.1 Å². The third kappa shape index (κ3) is 4.47. The molecule has 0 spiro atoms. The Balaban J connectivity index is 1.65. The van der Waals surface area contributed by atoms with E-state index in [9.17, 15) is 14.7 Å². The number of rotatable bonds is 7. The van der Waals surface area contributed by atoms with Gasteiger partial charge in [0.2, 0.25) is 5.91 Å². The molecular weight excluding hydrogens is 356 g/mol. The Kier molecular flexibility index (Phi) is 6.57. The second-order valence-corrected chi connectivity index (χ2v) is 7.58. The number of nitrogens with zero attached hydrogens (tertiary/aromatic N) is 2. The average molecular weight is 386 g/mol. The zero-order valence-electron chi connectivity index (χ0n) is 16.4. The molecule has 7 nitrogen and oxygen atoms in total. The topological polar surface area (TPSA) is 103 Å². The lowest BCUT2D eigenvalue weighted by atomic mass is 10.0. The highest BCUT2D eigenvalue weighted by atomic mass is 16.4. The van der Waals surface area contributed by atoms with Gasteiger partial charge >= 0.3 is 6.09 Å². The fourth-order valence-electron chi connectivity index (χ4n) is 4.03. The van der Waals surface area contributed by atoms with Crippen molar-refractivity contribution in [3.8, 4) is 0 Å². The third-order valence-corrected chi connectivity index (χ3v) is 5.58. The number of para-hydroxylation sites is 1. The second-order valence-electron chi connectivity index (χ2n) is 7.58. The summed E-state index contributed by atoms with van der Waals surface area (Å²) >= 11 is 0. The highest BCUT2D eigenvalue weighted by Crippen LogP contribution is 2.21. The Morgan fingerprint density at radius 3 is 2.93 bits per heavy atom. The van der Waals surface area contributed by atoms with Crippen molar-refractivity contribution < 1.29 is 14.7 Å². The number of H-pyrrole nitrogens is 1. The lowest BCUT2D eigenvalue weighted by Crippen LogP contribution is -2.55. The zero-order chi connectivity index (χ0) is 20.1. The highest BCUT2D eigenvalue weighted by Gasteiger charge is 2.32. The van der Waals surface area contributed by atoms with Gasteiger partial charge in [-0.05, 0) is 37.3 Å². The number of piperidine rings is 1. The molecule has 0 bridgehead atoms. The highest BCUT2D eigenvalue weighted by molar-refractivity contribution is 5.86. The van der Waals surface area contributed by atoms with Crippen molar-refractivity contribution in [3.63, 3.8) is 0 Å². The van der Waals surface area contributed by atoms with Crippen molar-refractivity contribution in [3.05, 3.63) is 36.0 Å². The maximum atomic E-state index is 12.9. The van der Waals surface area contributed by atoms with Crippen LogP contribution in [0.15, 0.2) is 30.5 Å². The predicted octanol–water partition coefficient (Wildman–Crippen LogP) is 2.81. The van der Waals surface area contributed by atoms with E-state index >= 15 is 0 Å². The van der Waals surface area contributed by atoms with Crippen LogP contribution in [0.5, 0.6) is 0 Å². The van der Waals surface area contributed by atoms with Crippen molar-refractivity contribution in [2.75, 3.05) is 19.6 Å². The minimum absolute atomic E-state index is 0.101. The zero-order valence-corrected chi connectivity index (χ0v) is 16.4. The maximum Gasteiger partial charge on any atom is 0.407 e. The average Bonchev–Trinajstić information content (AvgIpc) is 3.10. The molecule has 1 aliphatic heterocycles. The lowest BCUT2D eigenvalue weighted by molar-refractivity contribution is -0.134. The molecule has 7 heteroatoms. The molecule has 4 N–H and O–H groups in total. The van der Waals surface area contributed by atoms with Crippen LogP contribution in [0.2, 0.25) is 0 Å². The van der Waals surface area contributed by atoms with Crippen molar-refractivity contribution in [2.45, 2.75) is 51.1 Å². The van der Waals surface area contributed by atoms with Gasteiger partial charge in [-0.2, -0.15) is 0 Å². The van der Waals surface area contributed by atoms with Gasteiger partial charge in [-0.25, -0.2) is 4.79 Å². The number of nitrogens with one attached hydrogen (secondary N) is 1. The van der Waals surface area contributed by atoms with E-state index < -0.39 is 12.1 Å². The van der Waals surface area contributed by atoms with Crippen molar-refractivity contribution >= 4 is 22.9 Å². The van der Waals surface area contributed by atoms with Crippen molar-refractivity contribution in [1.29, 1.82) is 0 Å². The Hall–Kier alpha value is -2.54. The number of aromatic nitrogens is 1. The smallest absolute Gasteiger partial charge is 0.407 e. The first-order valence-corrected chi connectivity index (χ1v) is 10.1. The molecule has 2 atom stereocenters. The summed E-state index contributed by atoms with van der Waals surface area (Å²) in [5.41, 5.74) is 8.32. The summed E-state index contributed by atoms with van der Waals surface area (Å²) < 4.78 is 0. The van der Waals surface area contributed by atoms with Gasteiger partial charge in [0.1, 0.15) is 0 Å². The number of unbranched alkanes of at least 4 members (excludes halogenated alkanes) is 1. The number of carboxylic acid groups (broad SMARTS) is 1. The molecular formula is C21H30N4O3. The van der Waals surface area contributed by atoms with Crippen LogP contribution in [0.1, 0.15) is 38.2 Å². The first-order valence-electron chi connectivity index (χ1n) is 10.1. The van der Waals surface area contributed by atoms with E-state index in [0.717, 1.165) is 42.1 Å². The van der Waals surface area contributed by atoms with E-state index in [-0.39, 0.29) is 11.9 Å². The largest absolute Gasteiger partial charge is 0.465 e. The van der Waals surface area contributed by atoms with Crippen LogP contribution in [0.3, 0.4) is 0 Å². The molecule has 1 fully saturated rings. The van der Waals surface area contributed by atoms with Crippen LogP contribution in [0.4, 0.5) is 4.79 Å². The third-order valence-electron chi connectivity index (χ3n) is 5.58. The number of aromatic amines is 1. The molecule has 3 rings (SSSR count). The summed E-state index contributed by atoms with van der Waals surface area (Å²) in [5, 5.41) is 10.6. The van der Waals surface area contributed by atoms with Gasteiger partial charge < -0.3 is 25.6 Å². The number of carbonyl (C=O) groups excluding carboxylic acids is 1. The number of hydrogen-bond donors (Lipinski definition) is 3. The minimum atomic E-state index is -0.907. The minimum Gasteiger partial charge on any atom is -0.465 e. The molecule has 2 amide bonds. The Labute approximate surface area is 165 Å². The van der Waals surface area contributed by atoms with Crippen LogP contribution in [0.25, 0.3) is 10.9 Å². The molecule has 1 aliphatic rings. The Morgan fingerprint density at radius 1 is 1.39 bits per heavy atom. The van der Waals surface area contributed by atoms with Gasteiger partial charge in [-0.1, -0.05) is 31.5 Å². The summed E-state index contributed by atoms with van der Waals surface area (Å²) in [6, 6.07) is 7.17. The van der Waals surface area contributed by atoms with E-state index in [1.165, 1.54) is 4.90 Å². The molecule has 2 heterocycles. The van der Waals surface area contributed by atoms with Crippen LogP contribution < -0.4 is 5.73 Å². The van der Waals surface area contributed by atoms with Crippen LogP contribution in [-0.4, -0.2) is 63.6 Å². The van der Waals surface area contributed by atoms with E-state index in [2.05, 4.69) is 4.98 Å². The van der Waals surface area contributed by atoms with Gasteiger partial charge in [0.05, 0.1) is 12.1 Å². The summed E-state index contributed by atoms with van der Waals surface area (Å²) in [6.45, 7) is 3.62. The number of amides is 2. The van der Waals surface area contributed by atoms with Crippen molar-refractivity contribution in [2.24, 2.45) is 5.73 Å². The van der Waals surface area contributed by atoms with Crippen molar-refractivity contribution in [1.82, 2.24) is 14.8 Å². The molecule has 1 saturated heterocycles. The Morgan fingerprint density at radius 2 is 2.18 bits per heavy atom. The molecule has 0 radical (unpaired) electrons. The lowest BCUT2D eigenvalue weighted by Gasteiger charge is -2.39. The van der Waals surface area contributed by atoms with Gasteiger partial charge in [0.15, 0.2) is 0 Å². The number of carbonyl (C=O) groups is 2. The molecule has 0 aliphatic carbocycles. The number of hydrogen-bond acceptors (Lipinski definition) is 3. The Bertz CT molecular complexity index is 819. The second kappa shape index (κ2) is 9.10. The molecule has 2 aromatic rings. The van der Waals surface area contributed by atoms with Gasteiger partial charge in [0, 0.05) is 36.7 Å². The first kappa shape index (κ1) is 20.2. The van der Waals surface area contributed by atoms with Crippen LogP contribution >= 0.6 is 0 Å².